The molecule has 19 heavy (non-hydrogen) atoms. The van der Waals surface area contributed by atoms with Crippen molar-refractivity contribution in [3.05, 3.63) is 62.7 Å². The van der Waals surface area contributed by atoms with Crippen molar-refractivity contribution in [2.45, 2.75) is 25.6 Å². The zero-order valence-electron chi connectivity index (χ0n) is 10.5. The summed E-state index contributed by atoms with van der Waals surface area (Å²) in [7, 11) is 0. The molecular weight excluding hydrogens is 351 g/mol. The second-order valence-electron chi connectivity index (χ2n) is 4.83. The van der Waals surface area contributed by atoms with Crippen molar-refractivity contribution < 1.29 is 9.84 Å². The Hall–Kier alpha value is -1.07. The molecule has 0 unspecified atom stereocenters. The van der Waals surface area contributed by atoms with Crippen molar-refractivity contribution >= 4 is 22.6 Å². The van der Waals surface area contributed by atoms with Gasteiger partial charge in [-0.05, 0) is 76.4 Å². The van der Waals surface area contributed by atoms with E-state index in [1.165, 1.54) is 14.7 Å². The van der Waals surface area contributed by atoms with Crippen molar-refractivity contribution in [3.8, 4) is 5.75 Å². The molecule has 2 nitrogen and oxygen atoms in total. The van der Waals surface area contributed by atoms with Gasteiger partial charge in [0.1, 0.15) is 12.4 Å². The molecule has 0 radical (unpaired) electrons. The van der Waals surface area contributed by atoms with Gasteiger partial charge < -0.3 is 9.84 Å². The van der Waals surface area contributed by atoms with Crippen LogP contribution in [0.3, 0.4) is 0 Å². The summed E-state index contributed by atoms with van der Waals surface area (Å²) in [5.74, 6) is 0.881. The third-order valence-electron chi connectivity index (χ3n) is 3.48. The molecule has 0 heterocycles. The molecule has 0 bridgehead atoms. The molecule has 1 aliphatic carbocycles. The maximum absolute atomic E-state index is 9.76. The molecular formula is C16H15IO2. The van der Waals surface area contributed by atoms with Crippen molar-refractivity contribution in [1.29, 1.82) is 0 Å². The molecule has 0 saturated carbocycles. The lowest BCUT2D eigenvalue weighted by Gasteiger charge is -2.09. The molecule has 2 aromatic rings. The van der Waals surface area contributed by atoms with Crippen LogP contribution in [0.4, 0.5) is 0 Å². The van der Waals surface area contributed by atoms with Crippen LogP contribution < -0.4 is 4.74 Å². The highest BCUT2D eigenvalue weighted by molar-refractivity contribution is 14.1. The van der Waals surface area contributed by atoms with Crippen LogP contribution in [0.1, 0.15) is 29.2 Å². The van der Waals surface area contributed by atoms with Crippen molar-refractivity contribution in [2.24, 2.45) is 0 Å². The largest absolute Gasteiger partial charge is 0.489 e. The topological polar surface area (TPSA) is 29.5 Å². The van der Waals surface area contributed by atoms with Gasteiger partial charge in [0.05, 0.1) is 6.10 Å². The number of aliphatic hydroxyl groups excluding tert-OH is 1. The van der Waals surface area contributed by atoms with Crippen LogP contribution in [0.15, 0.2) is 42.5 Å². The highest BCUT2D eigenvalue weighted by Crippen LogP contribution is 2.33. The molecule has 3 rings (SSSR count). The molecule has 0 aliphatic heterocycles. The fraction of sp³-hybridized carbons (Fsp3) is 0.250. The van der Waals surface area contributed by atoms with Gasteiger partial charge in [0.15, 0.2) is 0 Å². The second kappa shape index (κ2) is 5.51. The highest BCUT2D eigenvalue weighted by Gasteiger charge is 2.20. The number of halogens is 1. The number of benzene rings is 2. The lowest BCUT2D eigenvalue weighted by Crippen LogP contribution is -1.96. The average Bonchev–Trinajstić information content (AvgIpc) is 2.79. The summed E-state index contributed by atoms with van der Waals surface area (Å²) < 4.78 is 7.04. The molecule has 0 fully saturated rings. The number of fused-ring (bicyclic) bond motifs is 1. The summed E-state index contributed by atoms with van der Waals surface area (Å²) in [4.78, 5) is 0. The zero-order valence-corrected chi connectivity index (χ0v) is 12.6. The summed E-state index contributed by atoms with van der Waals surface area (Å²) in [6, 6.07) is 14.3. The first-order chi connectivity index (χ1) is 9.22. The van der Waals surface area contributed by atoms with Crippen LogP contribution in [0.25, 0.3) is 0 Å². The van der Waals surface area contributed by atoms with E-state index in [0.29, 0.717) is 6.61 Å². The minimum atomic E-state index is -0.291. The predicted octanol–water partition coefficient (Wildman–Crippen LogP) is 3.85. The smallest absolute Gasteiger partial charge is 0.120 e. The standard InChI is InChI=1S/C16H15IO2/c17-13-4-1-11(2-5-13)10-19-14-6-7-15-12(9-14)3-8-16(15)18/h1-2,4-7,9,16,18H,3,8,10H2/t16-/m1/s1. The van der Waals surface area contributed by atoms with E-state index in [4.69, 9.17) is 4.74 Å². The monoisotopic (exact) mass is 366 g/mol. The lowest BCUT2D eigenvalue weighted by molar-refractivity contribution is 0.180. The Morgan fingerprint density at radius 1 is 1.16 bits per heavy atom. The number of rotatable bonds is 3. The van der Waals surface area contributed by atoms with E-state index in [9.17, 15) is 5.11 Å². The molecule has 3 heteroatoms. The summed E-state index contributed by atoms with van der Waals surface area (Å²) in [5, 5.41) is 9.76. The van der Waals surface area contributed by atoms with Gasteiger partial charge in [-0.1, -0.05) is 18.2 Å². The first kappa shape index (κ1) is 12.9. The first-order valence-electron chi connectivity index (χ1n) is 6.40. The number of hydrogen-bond acceptors (Lipinski definition) is 2. The average molecular weight is 366 g/mol. The second-order valence-corrected chi connectivity index (χ2v) is 6.08. The van der Waals surface area contributed by atoms with Crippen molar-refractivity contribution in [1.82, 2.24) is 0 Å². The fourth-order valence-electron chi connectivity index (χ4n) is 2.41. The maximum atomic E-state index is 9.76. The SMILES string of the molecule is O[C@@H]1CCc2cc(OCc3ccc(I)cc3)ccc21. The van der Waals surface area contributed by atoms with E-state index in [-0.39, 0.29) is 6.10 Å². The molecule has 98 valence electrons. The van der Waals surface area contributed by atoms with E-state index in [1.54, 1.807) is 0 Å². The van der Waals surface area contributed by atoms with Crippen molar-refractivity contribution in [2.75, 3.05) is 0 Å². The molecule has 1 atom stereocenters. The first-order valence-corrected chi connectivity index (χ1v) is 7.48. The number of aliphatic hydroxyl groups is 1. The van der Waals surface area contributed by atoms with Gasteiger partial charge in [-0.15, -0.1) is 0 Å². The Bertz CT molecular complexity index is 578. The maximum Gasteiger partial charge on any atom is 0.120 e. The van der Waals surface area contributed by atoms with Gasteiger partial charge >= 0.3 is 0 Å². The number of hydrogen-bond donors (Lipinski definition) is 1. The van der Waals surface area contributed by atoms with Gasteiger partial charge in [-0.2, -0.15) is 0 Å². The van der Waals surface area contributed by atoms with Gasteiger partial charge in [0, 0.05) is 3.57 Å². The zero-order chi connectivity index (χ0) is 13.2. The summed E-state index contributed by atoms with van der Waals surface area (Å²) in [6.45, 7) is 0.582. The highest BCUT2D eigenvalue weighted by atomic mass is 127. The van der Waals surface area contributed by atoms with Crippen LogP contribution in [0.5, 0.6) is 5.75 Å². The summed E-state index contributed by atoms with van der Waals surface area (Å²) in [5.41, 5.74) is 3.44. The van der Waals surface area contributed by atoms with E-state index in [0.717, 1.165) is 24.2 Å². The van der Waals surface area contributed by atoms with Gasteiger partial charge in [-0.25, -0.2) is 0 Å². The Morgan fingerprint density at radius 2 is 1.95 bits per heavy atom. The molecule has 0 amide bonds. The third-order valence-corrected chi connectivity index (χ3v) is 4.20. The Labute approximate surface area is 126 Å². The van der Waals surface area contributed by atoms with Crippen molar-refractivity contribution in [3.63, 3.8) is 0 Å². The normalized spacial score (nSPS) is 17.3. The quantitative estimate of drug-likeness (QED) is 0.837. The molecule has 0 spiro atoms. The number of ether oxygens (including phenoxy) is 1. The Balaban J connectivity index is 1.69. The third kappa shape index (κ3) is 2.92. The van der Waals surface area contributed by atoms with Crippen LogP contribution >= 0.6 is 22.6 Å². The molecule has 0 saturated heterocycles. The van der Waals surface area contributed by atoms with Crippen LogP contribution in [0.2, 0.25) is 0 Å². The predicted molar refractivity (Wildman–Crippen MR) is 83.2 cm³/mol. The van der Waals surface area contributed by atoms with E-state index in [2.05, 4.69) is 52.9 Å². The molecule has 0 aromatic heterocycles. The Kier molecular flexibility index (Phi) is 3.75. The van der Waals surface area contributed by atoms with Crippen LogP contribution in [0, 0.1) is 3.57 Å². The summed E-state index contributed by atoms with van der Waals surface area (Å²) in [6.07, 6.45) is 1.48. The fourth-order valence-corrected chi connectivity index (χ4v) is 2.77. The van der Waals surface area contributed by atoms with Crippen LogP contribution in [-0.4, -0.2) is 5.11 Å². The van der Waals surface area contributed by atoms with E-state index in [1.807, 2.05) is 12.1 Å². The van der Waals surface area contributed by atoms with Gasteiger partial charge in [-0.3, -0.25) is 0 Å². The van der Waals surface area contributed by atoms with Crippen LogP contribution in [-0.2, 0) is 13.0 Å². The molecule has 1 aliphatic rings. The molecule has 2 aromatic carbocycles. The van der Waals surface area contributed by atoms with E-state index >= 15 is 0 Å². The Morgan fingerprint density at radius 3 is 2.74 bits per heavy atom. The minimum absolute atomic E-state index is 0.291. The summed E-state index contributed by atoms with van der Waals surface area (Å²) >= 11 is 2.29. The minimum Gasteiger partial charge on any atom is -0.489 e. The molecule has 1 N–H and O–H groups in total. The van der Waals surface area contributed by atoms with E-state index < -0.39 is 0 Å². The van der Waals surface area contributed by atoms with Gasteiger partial charge in [0.25, 0.3) is 0 Å². The van der Waals surface area contributed by atoms with Gasteiger partial charge in [0.2, 0.25) is 0 Å². The lowest BCUT2D eigenvalue weighted by atomic mass is 10.1. The number of aryl methyl sites for hydroxylation is 1.